The Labute approximate surface area is 110 Å². The maximum Gasteiger partial charge on any atom is 0.257 e. The molecule has 2 rings (SSSR count). The molecule has 0 unspecified atom stereocenters. The molecule has 2 aromatic rings. The Hall–Kier alpha value is -1.88. The number of thiazole rings is 1. The first-order valence-corrected chi connectivity index (χ1v) is 6.45. The van der Waals surface area contributed by atoms with Crippen molar-refractivity contribution in [2.75, 3.05) is 17.7 Å². The van der Waals surface area contributed by atoms with E-state index in [-0.39, 0.29) is 5.91 Å². The largest absolute Gasteiger partial charge is 0.388 e. The van der Waals surface area contributed by atoms with Gasteiger partial charge < -0.3 is 5.32 Å². The Morgan fingerprint density at radius 2 is 1.89 bits per heavy atom. The summed E-state index contributed by atoms with van der Waals surface area (Å²) >= 11 is 1.49. The third kappa shape index (κ3) is 2.68. The van der Waals surface area contributed by atoms with E-state index < -0.39 is 0 Å². The first-order chi connectivity index (χ1) is 8.60. The molecule has 0 aliphatic carbocycles. The van der Waals surface area contributed by atoms with Crippen molar-refractivity contribution in [3.8, 4) is 0 Å². The van der Waals surface area contributed by atoms with Gasteiger partial charge in [-0.3, -0.25) is 10.1 Å². The second-order valence-corrected chi connectivity index (χ2v) is 5.15. The second-order valence-electron chi connectivity index (χ2n) is 3.94. The van der Waals surface area contributed by atoms with Gasteiger partial charge in [-0.25, -0.2) is 4.98 Å². The smallest absolute Gasteiger partial charge is 0.257 e. The van der Waals surface area contributed by atoms with Crippen LogP contribution in [0.3, 0.4) is 0 Å². The Morgan fingerprint density at radius 1 is 1.22 bits per heavy atom. The number of rotatable bonds is 3. The molecule has 5 heteroatoms. The summed E-state index contributed by atoms with van der Waals surface area (Å²) in [6.07, 6.45) is 0. The monoisotopic (exact) mass is 261 g/mol. The van der Waals surface area contributed by atoms with Gasteiger partial charge in [0, 0.05) is 23.2 Å². The fourth-order valence-electron chi connectivity index (χ4n) is 1.48. The third-order valence-electron chi connectivity index (χ3n) is 2.68. The number of carbonyl (C=O) groups excluding carboxylic acids is 1. The van der Waals surface area contributed by atoms with Crippen LogP contribution >= 0.6 is 11.3 Å². The zero-order chi connectivity index (χ0) is 13.1. The number of nitrogens with zero attached hydrogens (tertiary/aromatic N) is 1. The molecule has 0 atom stereocenters. The van der Waals surface area contributed by atoms with Crippen LogP contribution < -0.4 is 10.6 Å². The summed E-state index contributed by atoms with van der Waals surface area (Å²) in [6, 6.07) is 7.31. The minimum absolute atomic E-state index is 0.133. The highest BCUT2D eigenvalue weighted by molar-refractivity contribution is 7.15. The van der Waals surface area contributed by atoms with E-state index in [1.165, 1.54) is 11.3 Å². The Bertz CT molecular complexity index is 541. The number of aromatic nitrogens is 1. The van der Waals surface area contributed by atoms with Crippen molar-refractivity contribution in [1.82, 2.24) is 4.98 Å². The van der Waals surface area contributed by atoms with Crippen molar-refractivity contribution in [1.29, 1.82) is 0 Å². The number of aryl methyl sites for hydroxylation is 2. The first-order valence-electron chi connectivity index (χ1n) is 5.63. The molecule has 1 heterocycles. The molecule has 0 saturated carbocycles. The van der Waals surface area contributed by atoms with Gasteiger partial charge in [0.1, 0.15) is 0 Å². The average Bonchev–Trinajstić information content (AvgIpc) is 2.68. The Kier molecular flexibility index (Phi) is 3.62. The second kappa shape index (κ2) is 5.18. The number of amides is 1. The zero-order valence-corrected chi connectivity index (χ0v) is 11.4. The molecule has 0 radical (unpaired) electrons. The Morgan fingerprint density at radius 3 is 2.39 bits per heavy atom. The lowest BCUT2D eigenvalue weighted by Crippen LogP contribution is -2.11. The topological polar surface area (TPSA) is 54.0 Å². The van der Waals surface area contributed by atoms with E-state index in [9.17, 15) is 4.79 Å². The van der Waals surface area contributed by atoms with Crippen molar-refractivity contribution >= 4 is 28.1 Å². The SMILES string of the molecule is CNc1ccc(C(=O)Nc2nc(C)c(C)s2)cc1. The molecular weight excluding hydrogens is 246 g/mol. The molecule has 0 saturated heterocycles. The van der Waals surface area contributed by atoms with Gasteiger partial charge in [-0.05, 0) is 38.1 Å². The summed E-state index contributed by atoms with van der Waals surface area (Å²) in [4.78, 5) is 17.4. The highest BCUT2D eigenvalue weighted by atomic mass is 32.1. The summed E-state index contributed by atoms with van der Waals surface area (Å²) in [7, 11) is 1.84. The summed E-state index contributed by atoms with van der Waals surface area (Å²) in [5, 5.41) is 6.46. The summed E-state index contributed by atoms with van der Waals surface area (Å²) in [6.45, 7) is 3.92. The molecule has 0 spiro atoms. The molecule has 0 bridgehead atoms. The van der Waals surface area contributed by atoms with Gasteiger partial charge in [0.05, 0.1) is 5.69 Å². The Balaban J connectivity index is 2.11. The van der Waals surface area contributed by atoms with Crippen LogP contribution in [-0.4, -0.2) is 17.9 Å². The fraction of sp³-hybridized carbons (Fsp3) is 0.231. The highest BCUT2D eigenvalue weighted by Crippen LogP contribution is 2.21. The molecule has 1 amide bonds. The van der Waals surface area contributed by atoms with Gasteiger partial charge in [0.2, 0.25) is 0 Å². The molecule has 2 N–H and O–H groups in total. The minimum atomic E-state index is -0.133. The van der Waals surface area contributed by atoms with Crippen LogP contribution in [0.5, 0.6) is 0 Å². The molecule has 18 heavy (non-hydrogen) atoms. The maximum atomic E-state index is 12.0. The van der Waals surface area contributed by atoms with Crippen molar-refractivity contribution in [2.24, 2.45) is 0 Å². The van der Waals surface area contributed by atoms with Crippen LogP contribution in [0.1, 0.15) is 20.9 Å². The summed E-state index contributed by atoms with van der Waals surface area (Å²) in [5.74, 6) is -0.133. The van der Waals surface area contributed by atoms with Gasteiger partial charge in [0.25, 0.3) is 5.91 Å². The molecule has 4 nitrogen and oxygen atoms in total. The van der Waals surface area contributed by atoms with E-state index >= 15 is 0 Å². The third-order valence-corrected chi connectivity index (χ3v) is 3.67. The van der Waals surface area contributed by atoms with E-state index in [2.05, 4.69) is 15.6 Å². The van der Waals surface area contributed by atoms with E-state index in [1.807, 2.05) is 33.0 Å². The van der Waals surface area contributed by atoms with Crippen LogP contribution in [0.25, 0.3) is 0 Å². The molecule has 0 aliphatic heterocycles. The highest BCUT2D eigenvalue weighted by Gasteiger charge is 2.09. The zero-order valence-electron chi connectivity index (χ0n) is 10.6. The van der Waals surface area contributed by atoms with E-state index in [0.717, 1.165) is 16.3 Å². The van der Waals surface area contributed by atoms with Gasteiger partial charge in [-0.2, -0.15) is 0 Å². The molecule has 1 aromatic heterocycles. The molecule has 0 aliphatic rings. The number of anilines is 2. The molecular formula is C13H15N3OS. The van der Waals surface area contributed by atoms with E-state index in [0.29, 0.717) is 10.7 Å². The number of carbonyl (C=O) groups is 1. The molecule has 0 fully saturated rings. The minimum Gasteiger partial charge on any atom is -0.388 e. The van der Waals surface area contributed by atoms with Gasteiger partial charge >= 0.3 is 0 Å². The average molecular weight is 261 g/mol. The van der Waals surface area contributed by atoms with Crippen LogP contribution in [0.4, 0.5) is 10.8 Å². The number of hydrogen-bond donors (Lipinski definition) is 2. The van der Waals surface area contributed by atoms with Gasteiger partial charge in [-0.1, -0.05) is 0 Å². The van der Waals surface area contributed by atoms with Crippen molar-refractivity contribution in [3.63, 3.8) is 0 Å². The summed E-state index contributed by atoms with van der Waals surface area (Å²) < 4.78 is 0. The quantitative estimate of drug-likeness (QED) is 0.892. The number of nitrogens with one attached hydrogen (secondary N) is 2. The predicted octanol–water partition coefficient (Wildman–Crippen LogP) is 3.05. The first kappa shape index (κ1) is 12.6. The van der Waals surface area contributed by atoms with Crippen LogP contribution in [-0.2, 0) is 0 Å². The number of hydrogen-bond acceptors (Lipinski definition) is 4. The van der Waals surface area contributed by atoms with E-state index in [4.69, 9.17) is 0 Å². The lowest BCUT2D eigenvalue weighted by Gasteiger charge is -2.03. The standard InChI is InChI=1S/C13H15N3OS/c1-8-9(2)18-13(15-8)16-12(17)10-4-6-11(14-3)7-5-10/h4-7,14H,1-3H3,(H,15,16,17). The lowest BCUT2D eigenvalue weighted by atomic mass is 10.2. The van der Waals surface area contributed by atoms with Crippen molar-refractivity contribution in [2.45, 2.75) is 13.8 Å². The van der Waals surface area contributed by atoms with Crippen LogP contribution in [0.2, 0.25) is 0 Å². The molecule has 1 aromatic carbocycles. The number of benzene rings is 1. The van der Waals surface area contributed by atoms with Gasteiger partial charge in [0.15, 0.2) is 5.13 Å². The van der Waals surface area contributed by atoms with Crippen molar-refractivity contribution < 1.29 is 4.79 Å². The fourth-order valence-corrected chi connectivity index (χ4v) is 2.29. The van der Waals surface area contributed by atoms with Gasteiger partial charge in [-0.15, -0.1) is 11.3 Å². The summed E-state index contributed by atoms with van der Waals surface area (Å²) in [5.41, 5.74) is 2.56. The van der Waals surface area contributed by atoms with Crippen LogP contribution in [0.15, 0.2) is 24.3 Å². The van der Waals surface area contributed by atoms with Crippen molar-refractivity contribution in [3.05, 3.63) is 40.4 Å². The maximum absolute atomic E-state index is 12.0. The van der Waals surface area contributed by atoms with Crippen LogP contribution in [0, 0.1) is 13.8 Å². The molecule has 94 valence electrons. The predicted molar refractivity (Wildman–Crippen MR) is 75.5 cm³/mol. The normalized spacial score (nSPS) is 10.2. The lowest BCUT2D eigenvalue weighted by molar-refractivity contribution is 0.102. The van der Waals surface area contributed by atoms with E-state index in [1.54, 1.807) is 12.1 Å².